The molecule has 64 valence electrons. The highest BCUT2D eigenvalue weighted by atomic mass is 79.9. The molecule has 0 spiro atoms. The summed E-state index contributed by atoms with van der Waals surface area (Å²) in [7, 11) is 0. The zero-order chi connectivity index (χ0) is 9.14. The predicted octanol–water partition coefficient (Wildman–Crippen LogP) is 3.21. The van der Waals surface area contributed by atoms with Crippen LogP contribution in [0.4, 0.5) is 0 Å². The summed E-state index contributed by atoms with van der Waals surface area (Å²) in [6.45, 7) is 3.66. The monoisotopic (exact) mass is 226 g/mol. The van der Waals surface area contributed by atoms with Crippen LogP contribution >= 0.6 is 15.9 Å². The topological polar surface area (TPSA) is 17.1 Å². The quantitative estimate of drug-likeness (QED) is 0.709. The van der Waals surface area contributed by atoms with Gasteiger partial charge >= 0.3 is 0 Å². The number of ketones is 1. The average Bonchev–Trinajstić information content (AvgIpc) is 2.04. The normalized spacial score (nSPS) is 9.92. The van der Waals surface area contributed by atoms with Gasteiger partial charge in [-0.3, -0.25) is 4.79 Å². The number of hydrogen-bond donors (Lipinski definition) is 0. The fourth-order valence-electron chi connectivity index (χ4n) is 1.12. The third-order valence-corrected chi connectivity index (χ3v) is 2.78. The molecule has 1 aromatic carbocycles. The van der Waals surface area contributed by atoms with Crippen molar-refractivity contribution in [2.75, 3.05) is 0 Å². The number of benzene rings is 1. The molecule has 1 nitrogen and oxygen atoms in total. The summed E-state index contributed by atoms with van der Waals surface area (Å²) in [6.07, 6.45) is 0.946. The first kappa shape index (κ1) is 9.46. The van der Waals surface area contributed by atoms with Gasteiger partial charge in [-0.05, 0) is 34.8 Å². The van der Waals surface area contributed by atoms with Crippen molar-refractivity contribution in [1.82, 2.24) is 0 Å². The minimum atomic E-state index is 0.108. The minimum Gasteiger partial charge on any atom is -0.294 e. The Labute approximate surface area is 80.9 Å². The van der Waals surface area contributed by atoms with Gasteiger partial charge in [-0.2, -0.15) is 0 Å². The summed E-state index contributed by atoms with van der Waals surface area (Å²) in [5, 5.41) is 0. The zero-order valence-corrected chi connectivity index (χ0v) is 8.81. The smallest absolute Gasteiger partial charge is 0.160 e. The maximum atomic E-state index is 11.1. The van der Waals surface area contributed by atoms with Crippen LogP contribution in [0, 0.1) is 0 Å². The van der Waals surface area contributed by atoms with E-state index in [1.54, 1.807) is 6.92 Å². The van der Waals surface area contributed by atoms with Gasteiger partial charge < -0.3 is 0 Å². The number of Topliss-reactive ketones (excluding diaryl/α,β-unsaturated/α-hetero) is 1. The van der Waals surface area contributed by atoms with Crippen molar-refractivity contribution in [3.8, 4) is 0 Å². The molecular formula is C10H11BrO. The molecule has 0 aromatic heterocycles. The van der Waals surface area contributed by atoms with E-state index in [1.807, 2.05) is 18.2 Å². The van der Waals surface area contributed by atoms with E-state index in [-0.39, 0.29) is 5.78 Å². The summed E-state index contributed by atoms with van der Waals surface area (Å²) < 4.78 is 0.944. The number of halogens is 1. The Bertz CT molecular complexity index is 305. The van der Waals surface area contributed by atoms with Gasteiger partial charge in [0.25, 0.3) is 0 Å². The molecule has 0 N–H and O–H groups in total. The summed E-state index contributed by atoms with van der Waals surface area (Å²) in [5.41, 5.74) is 1.96. The summed E-state index contributed by atoms with van der Waals surface area (Å²) in [5.74, 6) is 0.108. The van der Waals surface area contributed by atoms with Gasteiger partial charge in [0.05, 0.1) is 0 Å². The first-order valence-electron chi connectivity index (χ1n) is 3.95. The zero-order valence-electron chi connectivity index (χ0n) is 7.23. The second kappa shape index (κ2) is 3.85. The van der Waals surface area contributed by atoms with Crippen LogP contribution in [0.3, 0.4) is 0 Å². The SMILES string of the molecule is CCc1cccc(C(C)=O)c1Br. The van der Waals surface area contributed by atoms with Gasteiger partial charge in [0, 0.05) is 10.0 Å². The van der Waals surface area contributed by atoms with Crippen molar-refractivity contribution in [3.63, 3.8) is 0 Å². The second-order valence-electron chi connectivity index (χ2n) is 2.69. The third-order valence-electron chi connectivity index (χ3n) is 1.84. The van der Waals surface area contributed by atoms with Gasteiger partial charge in [-0.15, -0.1) is 0 Å². The number of rotatable bonds is 2. The van der Waals surface area contributed by atoms with Gasteiger partial charge in [0.15, 0.2) is 5.78 Å². The van der Waals surface area contributed by atoms with Crippen molar-refractivity contribution >= 4 is 21.7 Å². The van der Waals surface area contributed by atoms with Crippen LogP contribution in [-0.4, -0.2) is 5.78 Å². The van der Waals surface area contributed by atoms with E-state index in [9.17, 15) is 4.79 Å². The van der Waals surface area contributed by atoms with Crippen LogP contribution < -0.4 is 0 Å². The molecule has 0 atom stereocenters. The number of hydrogen-bond acceptors (Lipinski definition) is 1. The summed E-state index contributed by atoms with van der Waals surface area (Å²) in [6, 6.07) is 5.78. The lowest BCUT2D eigenvalue weighted by Gasteiger charge is -2.04. The van der Waals surface area contributed by atoms with Crippen molar-refractivity contribution in [2.24, 2.45) is 0 Å². The highest BCUT2D eigenvalue weighted by Gasteiger charge is 2.06. The van der Waals surface area contributed by atoms with Crippen molar-refractivity contribution in [2.45, 2.75) is 20.3 Å². The molecule has 1 rings (SSSR count). The first-order valence-corrected chi connectivity index (χ1v) is 4.74. The third kappa shape index (κ3) is 1.75. The van der Waals surface area contributed by atoms with Gasteiger partial charge in [0.2, 0.25) is 0 Å². The first-order chi connectivity index (χ1) is 5.66. The molecule has 0 aliphatic carbocycles. The Morgan fingerprint density at radius 3 is 2.67 bits per heavy atom. The fraction of sp³-hybridized carbons (Fsp3) is 0.300. The molecule has 0 heterocycles. The molecule has 12 heavy (non-hydrogen) atoms. The molecule has 0 saturated carbocycles. The Morgan fingerprint density at radius 2 is 2.17 bits per heavy atom. The van der Waals surface area contributed by atoms with Crippen molar-refractivity contribution < 1.29 is 4.79 Å². The van der Waals surface area contributed by atoms with Crippen LogP contribution in [0.15, 0.2) is 22.7 Å². The summed E-state index contributed by atoms with van der Waals surface area (Å²) in [4.78, 5) is 11.1. The van der Waals surface area contributed by atoms with Crippen LogP contribution in [0.1, 0.15) is 29.8 Å². The molecule has 0 amide bonds. The molecule has 0 unspecified atom stereocenters. The standard InChI is InChI=1S/C10H11BrO/c1-3-8-5-4-6-9(7(2)12)10(8)11/h4-6H,3H2,1-2H3. The average molecular weight is 227 g/mol. The van der Waals surface area contributed by atoms with Crippen molar-refractivity contribution in [1.29, 1.82) is 0 Å². The summed E-state index contributed by atoms with van der Waals surface area (Å²) >= 11 is 3.42. The molecular weight excluding hydrogens is 216 g/mol. The van der Waals surface area contributed by atoms with E-state index >= 15 is 0 Å². The molecule has 2 heteroatoms. The largest absolute Gasteiger partial charge is 0.294 e. The minimum absolute atomic E-state index is 0.108. The van der Waals surface area contributed by atoms with E-state index in [4.69, 9.17) is 0 Å². The van der Waals surface area contributed by atoms with Crippen LogP contribution in [-0.2, 0) is 6.42 Å². The number of aryl methyl sites for hydroxylation is 1. The predicted molar refractivity (Wildman–Crippen MR) is 53.5 cm³/mol. The highest BCUT2D eigenvalue weighted by molar-refractivity contribution is 9.10. The lowest BCUT2D eigenvalue weighted by molar-refractivity contribution is 0.101. The van der Waals surface area contributed by atoms with E-state index < -0.39 is 0 Å². The Balaban J connectivity index is 3.23. The Morgan fingerprint density at radius 1 is 1.50 bits per heavy atom. The van der Waals surface area contributed by atoms with E-state index in [0.29, 0.717) is 0 Å². The molecule has 0 bridgehead atoms. The molecule has 0 radical (unpaired) electrons. The Kier molecular flexibility index (Phi) is 3.04. The van der Waals surface area contributed by atoms with E-state index in [1.165, 1.54) is 5.56 Å². The molecule has 0 fully saturated rings. The fourth-order valence-corrected chi connectivity index (χ4v) is 1.95. The molecule has 0 aliphatic rings. The highest BCUT2D eigenvalue weighted by Crippen LogP contribution is 2.22. The number of carbonyl (C=O) groups is 1. The van der Waals surface area contributed by atoms with Crippen LogP contribution in [0.5, 0.6) is 0 Å². The Hall–Kier alpha value is -0.630. The number of carbonyl (C=O) groups excluding carboxylic acids is 1. The molecule has 0 saturated heterocycles. The van der Waals surface area contributed by atoms with Gasteiger partial charge in [-0.25, -0.2) is 0 Å². The lowest BCUT2D eigenvalue weighted by Crippen LogP contribution is -1.96. The van der Waals surface area contributed by atoms with Gasteiger partial charge in [-0.1, -0.05) is 25.1 Å². The van der Waals surface area contributed by atoms with Crippen LogP contribution in [0.2, 0.25) is 0 Å². The van der Waals surface area contributed by atoms with Crippen LogP contribution in [0.25, 0.3) is 0 Å². The molecule has 0 aliphatic heterocycles. The van der Waals surface area contributed by atoms with Gasteiger partial charge in [0.1, 0.15) is 0 Å². The van der Waals surface area contributed by atoms with Crippen molar-refractivity contribution in [3.05, 3.63) is 33.8 Å². The van der Waals surface area contributed by atoms with E-state index in [2.05, 4.69) is 22.9 Å². The lowest BCUT2D eigenvalue weighted by atomic mass is 10.1. The molecule has 1 aromatic rings. The maximum absolute atomic E-state index is 11.1. The maximum Gasteiger partial charge on any atom is 0.160 e. The van der Waals surface area contributed by atoms with E-state index in [0.717, 1.165) is 16.5 Å². The second-order valence-corrected chi connectivity index (χ2v) is 3.48.